The summed E-state index contributed by atoms with van der Waals surface area (Å²) >= 11 is 0. The number of ether oxygens (including phenoxy) is 1. The molecule has 1 heterocycles. The smallest absolute Gasteiger partial charge is 0.414 e. The van der Waals surface area contributed by atoms with Crippen LogP contribution in [0.1, 0.15) is 41.0 Å². The van der Waals surface area contributed by atoms with Gasteiger partial charge >= 0.3 is 6.09 Å². The van der Waals surface area contributed by atoms with Crippen molar-refractivity contribution < 1.29 is 9.53 Å². The van der Waals surface area contributed by atoms with E-state index in [4.69, 9.17) is 4.74 Å². The van der Waals surface area contributed by atoms with Gasteiger partial charge in [-0.1, -0.05) is 52.8 Å². The van der Waals surface area contributed by atoms with Crippen molar-refractivity contribution in [3.63, 3.8) is 0 Å². The van der Waals surface area contributed by atoms with Crippen LogP contribution in [0, 0.1) is 0 Å². The fourth-order valence-corrected chi connectivity index (χ4v) is 1.15. The maximum absolute atomic E-state index is 11.2. The fraction of sp³-hybridized carbons (Fsp3) is 0.533. The molecule has 1 rings (SSSR count). The quantitative estimate of drug-likeness (QED) is 0.692. The summed E-state index contributed by atoms with van der Waals surface area (Å²) in [5.74, 6) is 0. The van der Waals surface area contributed by atoms with Gasteiger partial charge < -0.3 is 4.74 Å². The number of cyclic esters (lactones) is 1. The average molecular weight is 253 g/mol. The van der Waals surface area contributed by atoms with E-state index in [0.29, 0.717) is 13.2 Å². The van der Waals surface area contributed by atoms with Crippen LogP contribution >= 0.6 is 0 Å². The molecule has 0 radical (unpaired) electrons. The van der Waals surface area contributed by atoms with Gasteiger partial charge in [0, 0.05) is 5.70 Å². The third-order valence-electron chi connectivity index (χ3n) is 1.70. The molecule has 1 amide bonds. The predicted molar refractivity (Wildman–Crippen MR) is 78.5 cm³/mol. The van der Waals surface area contributed by atoms with Crippen molar-refractivity contribution in [2.75, 3.05) is 13.2 Å². The van der Waals surface area contributed by atoms with Crippen LogP contribution in [0.4, 0.5) is 4.79 Å². The van der Waals surface area contributed by atoms with Crippen LogP contribution in [0.3, 0.4) is 0 Å². The van der Waals surface area contributed by atoms with Crippen LogP contribution in [0.25, 0.3) is 0 Å². The van der Waals surface area contributed by atoms with E-state index in [9.17, 15) is 4.79 Å². The van der Waals surface area contributed by atoms with Gasteiger partial charge in [0.05, 0.1) is 6.54 Å². The minimum Gasteiger partial charge on any atom is -0.447 e. The highest BCUT2D eigenvalue weighted by Gasteiger charge is 2.23. The second-order valence-corrected chi connectivity index (χ2v) is 3.30. The Hall–Kier alpha value is -1.51. The van der Waals surface area contributed by atoms with Gasteiger partial charge in [-0.05, 0) is 19.1 Å². The molecule has 1 aliphatic heterocycles. The van der Waals surface area contributed by atoms with Crippen LogP contribution in [-0.2, 0) is 4.74 Å². The number of carbonyl (C=O) groups is 1. The zero-order chi connectivity index (χ0) is 14.4. The topological polar surface area (TPSA) is 29.5 Å². The number of allylic oxidation sites excluding steroid dienone is 4. The van der Waals surface area contributed by atoms with E-state index in [2.05, 4.69) is 20.4 Å². The highest BCUT2D eigenvalue weighted by Crippen LogP contribution is 2.13. The van der Waals surface area contributed by atoms with Crippen molar-refractivity contribution in [3.8, 4) is 0 Å². The molecule has 3 heteroatoms. The van der Waals surface area contributed by atoms with E-state index in [1.54, 1.807) is 17.1 Å². The number of amides is 1. The molecule has 0 spiro atoms. The number of carbonyl (C=O) groups excluding carboxylic acids is 1. The Morgan fingerprint density at radius 2 is 2.00 bits per heavy atom. The van der Waals surface area contributed by atoms with E-state index < -0.39 is 0 Å². The summed E-state index contributed by atoms with van der Waals surface area (Å²) in [6.45, 7) is 14.8. The SMILES string of the molecule is C=C/C=C(\C=C/C)N1CCOC1=O.CC.CCC. The Morgan fingerprint density at radius 1 is 1.44 bits per heavy atom. The summed E-state index contributed by atoms with van der Waals surface area (Å²) < 4.78 is 4.82. The summed E-state index contributed by atoms with van der Waals surface area (Å²) in [6.07, 6.45) is 8.13. The molecule has 0 saturated carbocycles. The lowest BCUT2D eigenvalue weighted by molar-refractivity contribution is 0.165. The molecule has 1 saturated heterocycles. The molecule has 0 aliphatic carbocycles. The van der Waals surface area contributed by atoms with Gasteiger partial charge in [0.15, 0.2) is 0 Å². The molecule has 0 unspecified atom stereocenters. The van der Waals surface area contributed by atoms with Gasteiger partial charge in [0.2, 0.25) is 0 Å². The van der Waals surface area contributed by atoms with Crippen LogP contribution < -0.4 is 0 Å². The second-order valence-electron chi connectivity index (χ2n) is 3.30. The molecule has 0 aromatic carbocycles. The largest absolute Gasteiger partial charge is 0.447 e. The fourth-order valence-electron chi connectivity index (χ4n) is 1.15. The lowest BCUT2D eigenvalue weighted by Gasteiger charge is -2.12. The third kappa shape index (κ3) is 7.71. The first-order valence-corrected chi connectivity index (χ1v) is 6.60. The molecule has 3 nitrogen and oxygen atoms in total. The monoisotopic (exact) mass is 253 g/mol. The summed E-state index contributed by atoms with van der Waals surface area (Å²) in [5, 5.41) is 0. The predicted octanol–water partition coefficient (Wildman–Crippen LogP) is 4.53. The van der Waals surface area contributed by atoms with Gasteiger partial charge in [0.25, 0.3) is 0 Å². The standard InChI is InChI=1S/C10H13NO2.C3H8.C2H6/c1-3-5-9(6-4-2)11-7-8-13-10(11)12;1-3-2;1-2/h3-6H,1,7-8H2,2H3;3H2,1-2H3;1-2H3/b6-4-,9-5+;;. The van der Waals surface area contributed by atoms with Gasteiger partial charge in [-0.15, -0.1) is 0 Å². The Morgan fingerprint density at radius 3 is 2.33 bits per heavy atom. The van der Waals surface area contributed by atoms with Crippen LogP contribution in [0.5, 0.6) is 0 Å². The van der Waals surface area contributed by atoms with Gasteiger partial charge in [0.1, 0.15) is 6.61 Å². The lowest BCUT2D eigenvalue weighted by Crippen LogP contribution is -2.22. The average Bonchev–Trinajstić information content (AvgIpc) is 2.79. The zero-order valence-electron chi connectivity index (χ0n) is 12.4. The molecular weight excluding hydrogens is 226 g/mol. The minimum atomic E-state index is -0.286. The summed E-state index contributed by atoms with van der Waals surface area (Å²) in [5.41, 5.74) is 0.819. The number of rotatable bonds is 3. The van der Waals surface area contributed by atoms with Gasteiger partial charge in [-0.2, -0.15) is 0 Å². The minimum absolute atomic E-state index is 0.286. The van der Waals surface area contributed by atoms with Crippen molar-refractivity contribution in [3.05, 3.63) is 36.6 Å². The van der Waals surface area contributed by atoms with E-state index >= 15 is 0 Å². The molecule has 0 aromatic heterocycles. The Balaban J connectivity index is 0. The van der Waals surface area contributed by atoms with Crippen LogP contribution in [-0.4, -0.2) is 24.1 Å². The normalized spacial score (nSPS) is 14.4. The highest BCUT2D eigenvalue weighted by molar-refractivity contribution is 5.72. The molecule has 1 fully saturated rings. The maximum Gasteiger partial charge on any atom is 0.414 e. The molecule has 0 aromatic rings. The van der Waals surface area contributed by atoms with Crippen molar-refractivity contribution >= 4 is 6.09 Å². The summed E-state index contributed by atoms with van der Waals surface area (Å²) in [4.78, 5) is 12.7. The van der Waals surface area contributed by atoms with Crippen molar-refractivity contribution in [1.29, 1.82) is 0 Å². The van der Waals surface area contributed by atoms with Gasteiger partial charge in [-0.25, -0.2) is 4.79 Å². The summed E-state index contributed by atoms with van der Waals surface area (Å²) in [6, 6.07) is 0. The first kappa shape index (κ1) is 18.8. The Bertz CT molecular complexity index is 280. The van der Waals surface area contributed by atoms with Gasteiger partial charge in [-0.3, -0.25) is 4.90 Å². The van der Waals surface area contributed by atoms with Crippen molar-refractivity contribution in [1.82, 2.24) is 4.90 Å². The number of hydrogen-bond donors (Lipinski definition) is 0. The van der Waals surface area contributed by atoms with Crippen LogP contribution in [0.15, 0.2) is 36.6 Å². The third-order valence-corrected chi connectivity index (χ3v) is 1.70. The Kier molecular flexibility index (Phi) is 14.2. The number of hydrogen-bond acceptors (Lipinski definition) is 2. The molecule has 18 heavy (non-hydrogen) atoms. The van der Waals surface area contributed by atoms with Crippen molar-refractivity contribution in [2.45, 2.75) is 41.0 Å². The molecule has 0 N–H and O–H groups in total. The molecule has 104 valence electrons. The molecule has 1 aliphatic rings. The van der Waals surface area contributed by atoms with Crippen LogP contribution in [0.2, 0.25) is 0 Å². The number of nitrogens with zero attached hydrogens (tertiary/aromatic N) is 1. The molecule has 0 atom stereocenters. The highest BCUT2D eigenvalue weighted by atomic mass is 16.6. The van der Waals surface area contributed by atoms with E-state index in [1.165, 1.54) is 6.42 Å². The van der Waals surface area contributed by atoms with E-state index in [0.717, 1.165) is 5.70 Å². The zero-order valence-corrected chi connectivity index (χ0v) is 12.4. The molecular formula is C15H27NO2. The lowest BCUT2D eigenvalue weighted by atomic mass is 10.3. The van der Waals surface area contributed by atoms with E-state index in [1.807, 2.05) is 32.9 Å². The Labute approximate surface area is 112 Å². The van der Waals surface area contributed by atoms with Crippen molar-refractivity contribution in [2.24, 2.45) is 0 Å². The molecule has 0 bridgehead atoms. The maximum atomic E-state index is 11.2. The van der Waals surface area contributed by atoms with E-state index in [-0.39, 0.29) is 6.09 Å². The first-order chi connectivity index (χ1) is 8.71. The first-order valence-electron chi connectivity index (χ1n) is 6.60. The second kappa shape index (κ2) is 13.6. The summed E-state index contributed by atoms with van der Waals surface area (Å²) in [7, 11) is 0.